The third kappa shape index (κ3) is 2.04. The van der Waals surface area contributed by atoms with E-state index in [1.807, 2.05) is 12.3 Å². The Labute approximate surface area is 100 Å². The predicted molar refractivity (Wildman–Crippen MR) is 69.1 cm³/mol. The minimum atomic E-state index is 0.875. The molecule has 3 heteroatoms. The fourth-order valence-electron chi connectivity index (χ4n) is 1.95. The summed E-state index contributed by atoms with van der Waals surface area (Å²) in [5.41, 5.74) is 3.47. The van der Waals surface area contributed by atoms with E-state index in [1.54, 1.807) is 6.20 Å². The van der Waals surface area contributed by atoms with Gasteiger partial charge in [0.25, 0.3) is 0 Å². The summed E-state index contributed by atoms with van der Waals surface area (Å²) in [7, 11) is 0. The lowest BCUT2D eigenvalue weighted by Crippen LogP contribution is -2.19. The Bertz CT molecular complexity index is 529. The van der Waals surface area contributed by atoms with Gasteiger partial charge in [-0.3, -0.25) is 9.98 Å². The van der Waals surface area contributed by atoms with Crippen LogP contribution < -0.4 is 5.32 Å². The first-order valence-electron chi connectivity index (χ1n) is 5.73. The molecule has 0 spiro atoms. The van der Waals surface area contributed by atoms with Crippen molar-refractivity contribution in [1.29, 1.82) is 0 Å². The van der Waals surface area contributed by atoms with Crippen LogP contribution in [0.25, 0.3) is 11.1 Å². The Morgan fingerprint density at radius 1 is 0.941 bits per heavy atom. The quantitative estimate of drug-likeness (QED) is 0.846. The molecule has 84 valence electrons. The lowest BCUT2D eigenvalue weighted by Gasteiger charge is -2.04. The summed E-state index contributed by atoms with van der Waals surface area (Å²) in [6.45, 7) is 1.82. The van der Waals surface area contributed by atoms with Crippen molar-refractivity contribution in [3.8, 4) is 11.1 Å². The maximum Gasteiger partial charge on any atom is 0.128 e. The van der Waals surface area contributed by atoms with E-state index in [9.17, 15) is 0 Å². The molecular weight excluding hydrogens is 210 g/mol. The molecule has 2 heterocycles. The summed E-state index contributed by atoms with van der Waals surface area (Å²) in [5, 5.41) is 3.27. The highest BCUT2D eigenvalue weighted by Gasteiger charge is 2.07. The predicted octanol–water partition coefficient (Wildman–Crippen LogP) is 2.10. The largest absolute Gasteiger partial charge is 0.368 e. The Morgan fingerprint density at radius 3 is 2.41 bits per heavy atom. The van der Waals surface area contributed by atoms with Gasteiger partial charge in [0.1, 0.15) is 5.84 Å². The summed E-state index contributed by atoms with van der Waals surface area (Å²) >= 11 is 0. The minimum absolute atomic E-state index is 0.875. The molecule has 1 aromatic heterocycles. The first-order valence-corrected chi connectivity index (χ1v) is 5.73. The molecule has 0 bridgehead atoms. The van der Waals surface area contributed by atoms with Crippen LogP contribution in [0.1, 0.15) is 5.56 Å². The Kier molecular flexibility index (Phi) is 2.58. The maximum absolute atomic E-state index is 4.40. The fraction of sp³-hybridized carbons (Fsp3) is 0.143. The molecule has 1 aliphatic rings. The summed E-state index contributed by atoms with van der Waals surface area (Å²) < 4.78 is 0. The van der Waals surface area contributed by atoms with E-state index in [-0.39, 0.29) is 0 Å². The average Bonchev–Trinajstić information content (AvgIpc) is 2.94. The van der Waals surface area contributed by atoms with E-state index in [1.165, 1.54) is 5.56 Å². The topological polar surface area (TPSA) is 37.3 Å². The van der Waals surface area contributed by atoms with Crippen LogP contribution in [0.15, 0.2) is 53.8 Å². The van der Waals surface area contributed by atoms with Gasteiger partial charge in [-0.1, -0.05) is 30.3 Å². The Morgan fingerprint density at radius 2 is 1.76 bits per heavy atom. The highest BCUT2D eigenvalue weighted by molar-refractivity contribution is 6.00. The van der Waals surface area contributed by atoms with E-state index >= 15 is 0 Å². The number of pyridine rings is 1. The molecule has 1 N–H and O–H groups in total. The Balaban J connectivity index is 1.90. The van der Waals surface area contributed by atoms with E-state index in [0.717, 1.165) is 30.1 Å². The average molecular weight is 223 g/mol. The van der Waals surface area contributed by atoms with Crippen LogP contribution in [-0.2, 0) is 0 Å². The molecule has 0 fully saturated rings. The highest BCUT2D eigenvalue weighted by Crippen LogP contribution is 2.18. The van der Waals surface area contributed by atoms with Gasteiger partial charge in [0, 0.05) is 24.5 Å². The molecule has 3 nitrogen and oxygen atoms in total. The molecule has 0 saturated heterocycles. The van der Waals surface area contributed by atoms with Crippen LogP contribution in [0.5, 0.6) is 0 Å². The van der Waals surface area contributed by atoms with Crippen molar-refractivity contribution in [2.45, 2.75) is 0 Å². The molecule has 2 aromatic rings. The summed E-state index contributed by atoms with van der Waals surface area (Å²) in [4.78, 5) is 8.53. The molecule has 0 amide bonds. The third-order valence-corrected chi connectivity index (χ3v) is 2.83. The van der Waals surface area contributed by atoms with Gasteiger partial charge in [0.15, 0.2) is 0 Å². The van der Waals surface area contributed by atoms with Gasteiger partial charge < -0.3 is 5.32 Å². The monoisotopic (exact) mass is 223 g/mol. The number of rotatable bonds is 2. The van der Waals surface area contributed by atoms with E-state index in [2.05, 4.69) is 45.6 Å². The molecule has 0 radical (unpaired) electrons. The maximum atomic E-state index is 4.40. The van der Waals surface area contributed by atoms with Crippen molar-refractivity contribution in [3.63, 3.8) is 0 Å². The van der Waals surface area contributed by atoms with Gasteiger partial charge in [0.05, 0.1) is 6.54 Å². The van der Waals surface area contributed by atoms with Crippen LogP contribution in [0.3, 0.4) is 0 Å². The smallest absolute Gasteiger partial charge is 0.128 e. The SMILES string of the molecule is c1cncc(-c2ccc(C3=NCCN3)cc2)c1. The van der Waals surface area contributed by atoms with Gasteiger partial charge in [-0.25, -0.2) is 0 Å². The van der Waals surface area contributed by atoms with Crippen molar-refractivity contribution < 1.29 is 0 Å². The molecule has 1 aromatic carbocycles. The summed E-state index contributed by atoms with van der Waals surface area (Å²) in [5.74, 6) is 1.00. The molecule has 0 unspecified atom stereocenters. The van der Waals surface area contributed by atoms with Crippen molar-refractivity contribution in [1.82, 2.24) is 10.3 Å². The number of hydrogen-bond acceptors (Lipinski definition) is 3. The van der Waals surface area contributed by atoms with Crippen LogP contribution in [0.4, 0.5) is 0 Å². The van der Waals surface area contributed by atoms with Crippen LogP contribution in [0, 0.1) is 0 Å². The van der Waals surface area contributed by atoms with E-state index in [0.29, 0.717) is 0 Å². The number of aliphatic imine (C=N–C) groups is 1. The van der Waals surface area contributed by atoms with Crippen LogP contribution >= 0.6 is 0 Å². The second-order valence-corrected chi connectivity index (χ2v) is 3.98. The number of nitrogens with zero attached hydrogens (tertiary/aromatic N) is 2. The van der Waals surface area contributed by atoms with Crippen molar-refractivity contribution >= 4 is 5.84 Å². The van der Waals surface area contributed by atoms with Gasteiger partial charge in [0.2, 0.25) is 0 Å². The standard InChI is InChI=1S/C14H13N3/c1-2-13(10-15-7-1)11-3-5-12(6-4-11)14-16-8-9-17-14/h1-7,10H,8-9H2,(H,16,17). The van der Waals surface area contributed by atoms with Gasteiger partial charge in [-0.2, -0.15) is 0 Å². The van der Waals surface area contributed by atoms with Gasteiger partial charge in [-0.05, 0) is 17.2 Å². The number of aromatic nitrogens is 1. The zero-order valence-electron chi connectivity index (χ0n) is 9.43. The molecular formula is C14H13N3. The molecule has 1 aliphatic heterocycles. The van der Waals surface area contributed by atoms with Crippen molar-refractivity contribution in [3.05, 3.63) is 54.4 Å². The fourth-order valence-corrected chi connectivity index (χ4v) is 1.95. The molecule has 17 heavy (non-hydrogen) atoms. The number of benzene rings is 1. The van der Waals surface area contributed by atoms with Crippen molar-refractivity contribution in [2.75, 3.05) is 13.1 Å². The van der Waals surface area contributed by atoms with Gasteiger partial charge in [-0.15, -0.1) is 0 Å². The summed E-state index contributed by atoms with van der Waals surface area (Å²) in [6, 6.07) is 12.4. The van der Waals surface area contributed by atoms with Gasteiger partial charge >= 0.3 is 0 Å². The molecule has 3 rings (SSSR count). The molecule has 0 atom stereocenters. The second-order valence-electron chi connectivity index (χ2n) is 3.98. The zero-order chi connectivity index (χ0) is 11.5. The number of nitrogens with one attached hydrogen (secondary N) is 1. The minimum Gasteiger partial charge on any atom is -0.368 e. The van der Waals surface area contributed by atoms with Crippen molar-refractivity contribution in [2.24, 2.45) is 4.99 Å². The first-order chi connectivity index (χ1) is 8.43. The van der Waals surface area contributed by atoms with E-state index < -0.39 is 0 Å². The molecule has 0 saturated carbocycles. The lowest BCUT2D eigenvalue weighted by molar-refractivity contribution is 0.960. The third-order valence-electron chi connectivity index (χ3n) is 2.83. The summed E-state index contributed by atoms with van der Waals surface area (Å²) in [6.07, 6.45) is 3.66. The Hall–Kier alpha value is -2.16. The number of amidine groups is 1. The zero-order valence-corrected chi connectivity index (χ0v) is 9.43. The van der Waals surface area contributed by atoms with Crippen LogP contribution in [-0.4, -0.2) is 23.9 Å². The number of hydrogen-bond donors (Lipinski definition) is 1. The first kappa shape index (κ1) is 10.0. The second kappa shape index (κ2) is 4.37. The van der Waals surface area contributed by atoms with Crippen LogP contribution in [0.2, 0.25) is 0 Å². The highest BCUT2D eigenvalue weighted by atomic mass is 15.1. The normalized spacial score (nSPS) is 14.2. The van der Waals surface area contributed by atoms with E-state index in [4.69, 9.17) is 0 Å². The molecule has 0 aliphatic carbocycles. The lowest BCUT2D eigenvalue weighted by atomic mass is 10.1.